The molecule has 1 N–H and O–H groups in total. The number of hydrogen-bond acceptors (Lipinski definition) is 4. The zero-order chi connectivity index (χ0) is 16.5. The number of likely N-dealkylation sites (N-methyl/N-ethyl adjacent to an activating group) is 2. The molecule has 0 bridgehead atoms. The van der Waals surface area contributed by atoms with Gasteiger partial charge in [-0.3, -0.25) is 9.59 Å². The number of nitrogens with zero attached hydrogens (tertiary/aromatic N) is 2. The molecule has 0 saturated carbocycles. The average molecular weight is 308 g/mol. The van der Waals surface area contributed by atoms with E-state index in [0.29, 0.717) is 24.4 Å². The van der Waals surface area contributed by atoms with Gasteiger partial charge < -0.3 is 19.6 Å². The van der Waals surface area contributed by atoms with Gasteiger partial charge in [0, 0.05) is 32.2 Å². The Hall–Kier alpha value is -2.08. The third-order valence-electron chi connectivity index (χ3n) is 3.36. The summed E-state index contributed by atoms with van der Waals surface area (Å²) in [5, 5.41) is 8.83. The van der Waals surface area contributed by atoms with E-state index in [1.165, 1.54) is 4.90 Å². The van der Waals surface area contributed by atoms with Crippen LogP contribution in [0.4, 0.5) is 0 Å². The summed E-state index contributed by atoms with van der Waals surface area (Å²) in [6.07, 6.45) is 0. The maximum Gasteiger partial charge on any atom is 0.260 e. The predicted octanol–water partition coefficient (Wildman–Crippen LogP) is 0.998. The van der Waals surface area contributed by atoms with Gasteiger partial charge >= 0.3 is 0 Å². The van der Waals surface area contributed by atoms with Crippen LogP contribution in [-0.4, -0.2) is 66.6 Å². The first-order valence-corrected chi connectivity index (χ1v) is 7.40. The number of benzene rings is 1. The molecule has 1 aromatic carbocycles. The van der Waals surface area contributed by atoms with Crippen molar-refractivity contribution < 1.29 is 19.4 Å². The fraction of sp³-hybridized carbons (Fsp3) is 0.500. The first kappa shape index (κ1) is 18.0. The van der Waals surface area contributed by atoms with Crippen LogP contribution < -0.4 is 4.74 Å². The molecule has 0 aliphatic heterocycles. The summed E-state index contributed by atoms with van der Waals surface area (Å²) in [7, 11) is 1.63. The van der Waals surface area contributed by atoms with Crippen molar-refractivity contribution >= 4 is 11.8 Å². The number of rotatable bonds is 8. The van der Waals surface area contributed by atoms with Crippen molar-refractivity contribution in [3.63, 3.8) is 0 Å². The summed E-state index contributed by atoms with van der Waals surface area (Å²) >= 11 is 0. The Morgan fingerprint density at radius 1 is 1.14 bits per heavy atom. The van der Waals surface area contributed by atoms with Gasteiger partial charge in [0.25, 0.3) is 11.8 Å². The number of ether oxygens (including phenoxy) is 1. The molecule has 0 heterocycles. The Morgan fingerprint density at radius 2 is 1.73 bits per heavy atom. The van der Waals surface area contributed by atoms with E-state index in [0.717, 1.165) is 0 Å². The molecule has 6 heteroatoms. The second kappa shape index (κ2) is 9.04. The molecule has 1 aromatic rings. The molecule has 0 radical (unpaired) electrons. The highest BCUT2D eigenvalue weighted by molar-refractivity contribution is 5.94. The minimum atomic E-state index is -0.167. The van der Waals surface area contributed by atoms with Crippen LogP contribution in [0.2, 0.25) is 0 Å². The highest BCUT2D eigenvalue weighted by Crippen LogP contribution is 2.13. The maximum absolute atomic E-state index is 12.0. The molecule has 0 aromatic heterocycles. The zero-order valence-electron chi connectivity index (χ0n) is 13.4. The van der Waals surface area contributed by atoms with Crippen LogP contribution in [0.5, 0.6) is 5.75 Å². The van der Waals surface area contributed by atoms with Crippen LogP contribution in [0.3, 0.4) is 0 Å². The van der Waals surface area contributed by atoms with Crippen LogP contribution in [0.1, 0.15) is 24.2 Å². The van der Waals surface area contributed by atoms with Crippen molar-refractivity contribution in [1.82, 2.24) is 9.80 Å². The second-order valence-corrected chi connectivity index (χ2v) is 4.83. The Bertz CT molecular complexity index is 483. The SMILES string of the molecule is CCN(CC)C(=O)COc1ccc(C(=O)N(C)CCO)cc1. The van der Waals surface area contributed by atoms with Crippen molar-refractivity contribution in [3.8, 4) is 5.75 Å². The minimum Gasteiger partial charge on any atom is -0.484 e. The van der Waals surface area contributed by atoms with Gasteiger partial charge in [-0.2, -0.15) is 0 Å². The second-order valence-electron chi connectivity index (χ2n) is 4.83. The van der Waals surface area contributed by atoms with Gasteiger partial charge in [0.05, 0.1) is 6.61 Å². The van der Waals surface area contributed by atoms with Crippen molar-refractivity contribution in [1.29, 1.82) is 0 Å². The number of aliphatic hydroxyl groups is 1. The van der Waals surface area contributed by atoms with E-state index in [1.807, 2.05) is 13.8 Å². The summed E-state index contributed by atoms with van der Waals surface area (Å²) < 4.78 is 5.44. The topological polar surface area (TPSA) is 70.1 Å². The van der Waals surface area contributed by atoms with Gasteiger partial charge in [0.2, 0.25) is 0 Å². The Labute approximate surface area is 131 Å². The van der Waals surface area contributed by atoms with E-state index in [-0.39, 0.29) is 31.6 Å². The first-order valence-electron chi connectivity index (χ1n) is 7.40. The quantitative estimate of drug-likeness (QED) is 0.778. The van der Waals surface area contributed by atoms with E-state index in [2.05, 4.69) is 0 Å². The number of carbonyl (C=O) groups excluding carboxylic acids is 2. The lowest BCUT2D eigenvalue weighted by molar-refractivity contribution is -0.132. The Balaban J connectivity index is 2.58. The summed E-state index contributed by atoms with van der Waals surface area (Å²) in [5.41, 5.74) is 0.512. The normalized spacial score (nSPS) is 10.2. The lowest BCUT2D eigenvalue weighted by Gasteiger charge is -2.19. The molecule has 0 spiro atoms. The number of carbonyl (C=O) groups is 2. The largest absolute Gasteiger partial charge is 0.484 e. The molecule has 0 unspecified atom stereocenters. The monoisotopic (exact) mass is 308 g/mol. The molecule has 0 saturated heterocycles. The third-order valence-corrected chi connectivity index (χ3v) is 3.36. The number of hydrogen-bond donors (Lipinski definition) is 1. The standard InChI is InChI=1S/C16H24N2O4/c1-4-18(5-2)15(20)12-22-14-8-6-13(7-9-14)16(21)17(3)10-11-19/h6-9,19H,4-5,10-12H2,1-3H3. The predicted molar refractivity (Wildman–Crippen MR) is 83.9 cm³/mol. The molecular weight excluding hydrogens is 284 g/mol. The van der Waals surface area contributed by atoms with Crippen LogP contribution in [0.25, 0.3) is 0 Å². The maximum atomic E-state index is 12.0. The minimum absolute atomic E-state index is 0.0145. The number of aliphatic hydroxyl groups excluding tert-OH is 1. The third kappa shape index (κ3) is 5.04. The van der Waals surface area contributed by atoms with Crippen molar-refractivity contribution in [2.24, 2.45) is 0 Å². The van der Waals surface area contributed by atoms with Gasteiger partial charge in [-0.05, 0) is 38.1 Å². The summed E-state index contributed by atoms with van der Waals surface area (Å²) in [6, 6.07) is 6.62. The highest BCUT2D eigenvalue weighted by Gasteiger charge is 2.12. The van der Waals surface area contributed by atoms with E-state index in [9.17, 15) is 9.59 Å². The van der Waals surface area contributed by atoms with Gasteiger partial charge in [-0.1, -0.05) is 0 Å². The van der Waals surface area contributed by atoms with Crippen molar-refractivity contribution in [2.45, 2.75) is 13.8 Å². The molecule has 0 aliphatic carbocycles. The lowest BCUT2D eigenvalue weighted by Crippen LogP contribution is -2.34. The van der Waals surface area contributed by atoms with Crippen LogP contribution >= 0.6 is 0 Å². The summed E-state index contributed by atoms with van der Waals surface area (Å²) in [5.74, 6) is 0.314. The van der Waals surface area contributed by atoms with Gasteiger partial charge in [0.1, 0.15) is 5.75 Å². The van der Waals surface area contributed by atoms with Gasteiger partial charge in [-0.15, -0.1) is 0 Å². The average Bonchev–Trinajstić information content (AvgIpc) is 2.54. The van der Waals surface area contributed by atoms with E-state index >= 15 is 0 Å². The first-order chi connectivity index (χ1) is 10.5. The van der Waals surface area contributed by atoms with Crippen molar-refractivity contribution in [2.75, 3.05) is 39.9 Å². The van der Waals surface area contributed by atoms with Gasteiger partial charge in [0.15, 0.2) is 6.61 Å². The fourth-order valence-corrected chi connectivity index (χ4v) is 1.98. The zero-order valence-corrected chi connectivity index (χ0v) is 13.4. The van der Waals surface area contributed by atoms with E-state index in [1.54, 1.807) is 36.2 Å². The Kier molecular flexibility index (Phi) is 7.39. The molecule has 2 amide bonds. The molecule has 6 nitrogen and oxygen atoms in total. The molecule has 22 heavy (non-hydrogen) atoms. The molecule has 0 fully saturated rings. The van der Waals surface area contributed by atoms with E-state index < -0.39 is 0 Å². The van der Waals surface area contributed by atoms with Crippen molar-refractivity contribution in [3.05, 3.63) is 29.8 Å². The lowest BCUT2D eigenvalue weighted by atomic mass is 10.2. The number of amides is 2. The molecule has 1 rings (SSSR count). The molecular formula is C16H24N2O4. The van der Waals surface area contributed by atoms with Crippen LogP contribution in [0.15, 0.2) is 24.3 Å². The Morgan fingerprint density at radius 3 is 2.23 bits per heavy atom. The smallest absolute Gasteiger partial charge is 0.260 e. The van der Waals surface area contributed by atoms with E-state index in [4.69, 9.17) is 9.84 Å². The highest BCUT2D eigenvalue weighted by atomic mass is 16.5. The summed E-state index contributed by atoms with van der Waals surface area (Å²) in [6.45, 7) is 5.35. The fourth-order valence-electron chi connectivity index (χ4n) is 1.98. The molecule has 0 atom stereocenters. The summed E-state index contributed by atoms with van der Waals surface area (Å²) in [4.78, 5) is 27.0. The van der Waals surface area contributed by atoms with Crippen LogP contribution in [-0.2, 0) is 4.79 Å². The molecule has 0 aliphatic rings. The van der Waals surface area contributed by atoms with Crippen LogP contribution in [0, 0.1) is 0 Å². The van der Waals surface area contributed by atoms with Gasteiger partial charge in [-0.25, -0.2) is 0 Å². The molecule has 122 valence electrons.